The second-order valence-electron chi connectivity index (χ2n) is 4.17. The molecule has 0 unspecified atom stereocenters. The van der Waals surface area contributed by atoms with Gasteiger partial charge in [0.15, 0.2) is 5.78 Å². The molecule has 1 aliphatic carbocycles. The molecule has 5 nitrogen and oxygen atoms in total. The first-order chi connectivity index (χ1) is 7.93. The maximum atomic E-state index is 11.3. The van der Waals surface area contributed by atoms with Crippen LogP contribution in [0.3, 0.4) is 0 Å². The smallest absolute Gasteiger partial charge is 0.211 e. The van der Waals surface area contributed by atoms with Gasteiger partial charge in [0.25, 0.3) is 0 Å². The molecule has 1 aliphatic rings. The molecular weight excluding hydrogens is 240 g/mol. The molecule has 0 aromatic rings. The summed E-state index contributed by atoms with van der Waals surface area (Å²) in [5.41, 5.74) is 0.970. The molecule has 0 amide bonds. The van der Waals surface area contributed by atoms with Gasteiger partial charge in [0.05, 0.1) is 6.26 Å². The Bertz CT molecular complexity index is 401. The van der Waals surface area contributed by atoms with Gasteiger partial charge in [-0.1, -0.05) is 6.92 Å². The van der Waals surface area contributed by atoms with E-state index in [2.05, 4.69) is 5.32 Å². The van der Waals surface area contributed by atoms with E-state index in [-0.39, 0.29) is 5.78 Å². The largest absolute Gasteiger partial charge is 0.388 e. The number of hydrogen-bond donors (Lipinski definition) is 1. The standard InChI is InChI=1S/C11H20N2O3S/c1-3-13(17(2,15)16)8-4-7-12-10-5-6-11(14)9-10/h9,12H,3-8H2,1-2H3. The van der Waals surface area contributed by atoms with Gasteiger partial charge in [-0.3, -0.25) is 4.79 Å². The molecule has 0 saturated carbocycles. The molecule has 0 atom stereocenters. The number of allylic oxidation sites excluding steroid dienone is 2. The van der Waals surface area contributed by atoms with E-state index in [0.717, 1.165) is 18.5 Å². The Morgan fingerprint density at radius 2 is 2.12 bits per heavy atom. The van der Waals surface area contributed by atoms with Gasteiger partial charge in [0, 0.05) is 37.8 Å². The van der Waals surface area contributed by atoms with Crippen LogP contribution in [-0.2, 0) is 14.8 Å². The fourth-order valence-corrected chi connectivity index (χ4v) is 2.73. The van der Waals surface area contributed by atoms with E-state index in [1.54, 1.807) is 6.08 Å². The number of carbonyl (C=O) groups excluding carboxylic acids is 1. The van der Waals surface area contributed by atoms with Crippen LogP contribution >= 0.6 is 0 Å². The highest BCUT2D eigenvalue weighted by atomic mass is 32.2. The molecule has 0 heterocycles. The molecule has 0 bridgehead atoms. The van der Waals surface area contributed by atoms with Crippen molar-refractivity contribution >= 4 is 15.8 Å². The van der Waals surface area contributed by atoms with Crippen LogP contribution in [-0.4, -0.2) is 44.4 Å². The van der Waals surface area contributed by atoms with E-state index < -0.39 is 10.0 Å². The summed E-state index contributed by atoms with van der Waals surface area (Å²) >= 11 is 0. The molecule has 0 aromatic heterocycles. The van der Waals surface area contributed by atoms with Gasteiger partial charge in [0.2, 0.25) is 10.0 Å². The Labute approximate surface area is 103 Å². The van der Waals surface area contributed by atoms with Gasteiger partial charge < -0.3 is 5.32 Å². The number of hydrogen-bond acceptors (Lipinski definition) is 4. The molecular formula is C11H20N2O3S. The van der Waals surface area contributed by atoms with E-state index in [1.165, 1.54) is 10.6 Å². The Kier molecular flexibility index (Phi) is 5.14. The average molecular weight is 260 g/mol. The minimum atomic E-state index is -3.09. The number of nitrogens with zero attached hydrogens (tertiary/aromatic N) is 1. The second kappa shape index (κ2) is 6.16. The van der Waals surface area contributed by atoms with E-state index in [1.807, 2.05) is 6.92 Å². The van der Waals surface area contributed by atoms with Gasteiger partial charge in [0.1, 0.15) is 0 Å². The van der Waals surface area contributed by atoms with Crippen molar-refractivity contribution in [3.63, 3.8) is 0 Å². The monoisotopic (exact) mass is 260 g/mol. The lowest BCUT2D eigenvalue weighted by Gasteiger charge is -2.17. The molecule has 1 rings (SSSR count). The van der Waals surface area contributed by atoms with Gasteiger partial charge >= 0.3 is 0 Å². The van der Waals surface area contributed by atoms with Gasteiger partial charge in [-0.15, -0.1) is 0 Å². The minimum absolute atomic E-state index is 0.166. The van der Waals surface area contributed by atoms with Crippen molar-refractivity contribution in [3.8, 4) is 0 Å². The third-order valence-corrected chi connectivity index (χ3v) is 4.11. The van der Waals surface area contributed by atoms with Crippen LogP contribution in [0.25, 0.3) is 0 Å². The second-order valence-corrected chi connectivity index (χ2v) is 6.15. The molecule has 6 heteroatoms. The lowest BCUT2D eigenvalue weighted by Crippen LogP contribution is -2.32. The maximum absolute atomic E-state index is 11.3. The van der Waals surface area contributed by atoms with Gasteiger partial charge in [-0.25, -0.2) is 12.7 Å². The van der Waals surface area contributed by atoms with Crippen molar-refractivity contribution in [3.05, 3.63) is 11.8 Å². The highest BCUT2D eigenvalue weighted by Gasteiger charge is 2.14. The van der Waals surface area contributed by atoms with E-state index in [4.69, 9.17) is 0 Å². The average Bonchev–Trinajstić information content (AvgIpc) is 2.62. The normalized spacial score (nSPS) is 16.4. The highest BCUT2D eigenvalue weighted by Crippen LogP contribution is 2.11. The predicted octanol–water partition coefficient (Wildman–Crippen LogP) is 0.494. The number of rotatable bonds is 7. The number of ketones is 1. The lowest BCUT2D eigenvalue weighted by atomic mass is 10.3. The fourth-order valence-electron chi connectivity index (χ4n) is 1.80. The lowest BCUT2D eigenvalue weighted by molar-refractivity contribution is -0.114. The molecule has 98 valence electrons. The number of sulfonamides is 1. The Balaban J connectivity index is 2.24. The molecule has 0 fully saturated rings. The van der Waals surface area contributed by atoms with E-state index in [0.29, 0.717) is 26.1 Å². The molecule has 0 aliphatic heterocycles. The highest BCUT2D eigenvalue weighted by molar-refractivity contribution is 7.88. The van der Waals surface area contributed by atoms with Crippen LogP contribution in [0, 0.1) is 0 Å². The van der Waals surface area contributed by atoms with Crippen molar-refractivity contribution in [1.82, 2.24) is 9.62 Å². The summed E-state index contributed by atoms with van der Waals surface area (Å²) in [4.78, 5) is 11.0. The van der Waals surface area contributed by atoms with E-state index in [9.17, 15) is 13.2 Å². The molecule has 0 aromatic carbocycles. The van der Waals surface area contributed by atoms with Crippen LogP contribution in [0.1, 0.15) is 26.2 Å². The Morgan fingerprint density at radius 3 is 2.59 bits per heavy atom. The Morgan fingerprint density at radius 1 is 1.41 bits per heavy atom. The van der Waals surface area contributed by atoms with Crippen molar-refractivity contribution in [1.29, 1.82) is 0 Å². The quantitative estimate of drug-likeness (QED) is 0.677. The summed E-state index contributed by atoms with van der Waals surface area (Å²) < 4.78 is 24.1. The van der Waals surface area contributed by atoms with Crippen molar-refractivity contribution < 1.29 is 13.2 Å². The van der Waals surface area contributed by atoms with Crippen molar-refractivity contribution in [2.75, 3.05) is 25.9 Å². The summed E-state index contributed by atoms with van der Waals surface area (Å²) in [5.74, 6) is 0.166. The Hall–Kier alpha value is -0.880. The summed E-state index contributed by atoms with van der Waals surface area (Å²) in [6.45, 7) is 3.54. The number of carbonyl (C=O) groups is 1. The summed E-state index contributed by atoms with van der Waals surface area (Å²) in [5, 5.41) is 3.16. The SMILES string of the molecule is CCN(CCCNC1=CC(=O)CC1)S(C)(=O)=O. The van der Waals surface area contributed by atoms with Crippen LogP contribution in [0.4, 0.5) is 0 Å². The topological polar surface area (TPSA) is 66.5 Å². The first-order valence-corrected chi connectivity index (χ1v) is 7.70. The van der Waals surface area contributed by atoms with Crippen molar-refractivity contribution in [2.45, 2.75) is 26.2 Å². The maximum Gasteiger partial charge on any atom is 0.211 e. The summed E-state index contributed by atoms with van der Waals surface area (Å²) in [6, 6.07) is 0. The first-order valence-electron chi connectivity index (χ1n) is 5.86. The molecule has 0 spiro atoms. The van der Waals surface area contributed by atoms with Crippen molar-refractivity contribution in [2.24, 2.45) is 0 Å². The zero-order valence-electron chi connectivity index (χ0n) is 10.4. The molecule has 17 heavy (non-hydrogen) atoms. The fraction of sp³-hybridized carbons (Fsp3) is 0.727. The van der Waals surface area contributed by atoms with Crippen LogP contribution in [0.15, 0.2) is 11.8 Å². The molecule has 0 radical (unpaired) electrons. The van der Waals surface area contributed by atoms with Gasteiger partial charge in [-0.05, 0) is 12.8 Å². The zero-order valence-corrected chi connectivity index (χ0v) is 11.2. The molecule has 1 N–H and O–H groups in total. The van der Waals surface area contributed by atoms with Gasteiger partial charge in [-0.2, -0.15) is 0 Å². The zero-order chi connectivity index (χ0) is 12.9. The third kappa shape index (κ3) is 4.87. The van der Waals surface area contributed by atoms with Crippen LogP contribution < -0.4 is 5.32 Å². The minimum Gasteiger partial charge on any atom is -0.388 e. The summed E-state index contributed by atoms with van der Waals surface area (Å²) in [6.07, 6.45) is 4.97. The van der Waals surface area contributed by atoms with Crippen LogP contribution in [0.2, 0.25) is 0 Å². The first kappa shape index (κ1) is 14.2. The predicted molar refractivity (Wildman–Crippen MR) is 67.0 cm³/mol. The van der Waals surface area contributed by atoms with E-state index >= 15 is 0 Å². The number of nitrogens with one attached hydrogen (secondary N) is 1. The third-order valence-electron chi connectivity index (χ3n) is 2.73. The summed E-state index contributed by atoms with van der Waals surface area (Å²) in [7, 11) is -3.09. The molecule has 0 saturated heterocycles. The van der Waals surface area contributed by atoms with Crippen LogP contribution in [0.5, 0.6) is 0 Å².